The second kappa shape index (κ2) is 3.60. The molecule has 1 aromatic carbocycles. The van der Waals surface area contributed by atoms with Crippen molar-refractivity contribution >= 4 is 16.5 Å². The van der Waals surface area contributed by atoms with Crippen LogP contribution >= 0.6 is 0 Å². The third-order valence-electron chi connectivity index (χ3n) is 2.25. The summed E-state index contributed by atoms with van der Waals surface area (Å²) in [5.74, 6) is 0. The number of aromatic nitrogens is 1. The number of rotatable bonds is 2. The third-order valence-corrected chi connectivity index (χ3v) is 2.25. The Bertz CT molecular complexity index is 474. The molecule has 0 aliphatic carbocycles. The van der Waals surface area contributed by atoms with E-state index in [2.05, 4.69) is 17.6 Å². The van der Waals surface area contributed by atoms with E-state index in [0.29, 0.717) is 6.54 Å². The van der Waals surface area contributed by atoms with Crippen LogP contribution in [0.4, 0.5) is 0 Å². The lowest BCUT2D eigenvalue weighted by molar-refractivity contribution is 1.26. The van der Waals surface area contributed by atoms with Gasteiger partial charge in [0.25, 0.3) is 0 Å². The maximum Gasteiger partial charge on any atom is 0.0702 e. The SMILES string of the molecule is C=C(CN)c1cnc2ccccc2c1. The van der Waals surface area contributed by atoms with Crippen LogP contribution in [0.5, 0.6) is 0 Å². The molecule has 0 amide bonds. The molecule has 0 bridgehead atoms. The van der Waals surface area contributed by atoms with E-state index < -0.39 is 0 Å². The van der Waals surface area contributed by atoms with E-state index in [0.717, 1.165) is 22.0 Å². The molecule has 1 heterocycles. The Labute approximate surface area is 83.1 Å². The van der Waals surface area contributed by atoms with Crippen LogP contribution in [-0.2, 0) is 0 Å². The van der Waals surface area contributed by atoms with Gasteiger partial charge in [-0.05, 0) is 23.3 Å². The number of nitrogens with zero attached hydrogens (tertiary/aromatic N) is 1. The normalized spacial score (nSPS) is 10.4. The zero-order chi connectivity index (χ0) is 9.97. The second-order valence-corrected chi connectivity index (χ2v) is 3.22. The minimum atomic E-state index is 0.472. The predicted molar refractivity (Wildman–Crippen MR) is 59.8 cm³/mol. The predicted octanol–water partition coefficient (Wildman–Crippen LogP) is 2.21. The highest BCUT2D eigenvalue weighted by molar-refractivity contribution is 5.82. The summed E-state index contributed by atoms with van der Waals surface area (Å²) in [6.07, 6.45) is 1.82. The van der Waals surface area contributed by atoms with Gasteiger partial charge < -0.3 is 5.73 Å². The van der Waals surface area contributed by atoms with Gasteiger partial charge in [0, 0.05) is 18.1 Å². The number of fused-ring (bicyclic) bond motifs is 1. The third kappa shape index (κ3) is 1.52. The lowest BCUT2D eigenvalue weighted by Crippen LogP contribution is -2.01. The first-order chi connectivity index (χ1) is 6.81. The largest absolute Gasteiger partial charge is 0.326 e. The molecule has 2 nitrogen and oxygen atoms in total. The fraction of sp³-hybridized carbons (Fsp3) is 0.0833. The molecule has 2 heteroatoms. The maximum absolute atomic E-state index is 5.52. The molecule has 0 saturated heterocycles. The Kier molecular flexibility index (Phi) is 2.29. The molecule has 0 spiro atoms. The first kappa shape index (κ1) is 8.91. The molecule has 2 N–H and O–H groups in total. The van der Waals surface area contributed by atoms with Crippen molar-refractivity contribution in [2.45, 2.75) is 0 Å². The van der Waals surface area contributed by atoms with Crippen LogP contribution in [0.25, 0.3) is 16.5 Å². The Hall–Kier alpha value is -1.67. The highest BCUT2D eigenvalue weighted by atomic mass is 14.7. The van der Waals surface area contributed by atoms with E-state index in [1.807, 2.05) is 30.5 Å². The average molecular weight is 184 g/mol. The molecule has 0 saturated carbocycles. The number of hydrogen-bond acceptors (Lipinski definition) is 2. The molecule has 2 aromatic rings. The van der Waals surface area contributed by atoms with Crippen LogP contribution in [0, 0.1) is 0 Å². The molecule has 0 aliphatic heterocycles. The number of pyridine rings is 1. The number of nitrogens with two attached hydrogens (primary N) is 1. The number of hydrogen-bond donors (Lipinski definition) is 1. The first-order valence-electron chi connectivity index (χ1n) is 4.54. The van der Waals surface area contributed by atoms with Gasteiger partial charge in [0.2, 0.25) is 0 Å². The van der Waals surface area contributed by atoms with Gasteiger partial charge in [0.15, 0.2) is 0 Å². The summed E-state index contributed by atoms with van der Waals surface area (Å²) in [4.78, 5) is 4.33. The average Bonchev–Trinajstić information content (AvgIpc) is 2.27. The Balaban J connectivity index is 2.56. The van der Waals surface area contributed by atoms with Crippen LogP contribution in [-0.4, -0.2) is 11.5 Å². The topological polar surface area (TPSA) is 38.9 Å². The smallest absolute Gasteiger partial charge is 0.0702 e. The van der Waals surface area contributed by atoms with E-state index in [1.54, 1.807) is 0 Å². The standard InChI is InChI=1S/C12H12N2/c1-9(7-13)11-6-10-4-2-3-5-12(10)14-8-11/h2-6,8H,1,7,13H2. The molecule has 14 heavy (non-hydrogen) atoms. The minimum absolute atomic E-state index is 0.472. The van der Waals surface area contributed by atoms with Gasteiger partial charge in [0.1, 0.15) is 0 Å². The van der Waals surface area contributed by atoms with Crippen LogP contribution in [0.2, 0.25) is 0 Å². The summed E-state index contributed by atoms with van der Waals surface area (Å²) < 4.78 is 0. The van der Waals surface area contributed by atoms with Crippen LogP contribution in [0.1, 0.15) is 5.56 Å². The number of para-hydroxylation sites is 1. The fourth-order valence-electron chi connectivity index (χ4n) is 1.38. The summed E-state index contributed by atoms with van der Waals surface area (Å²) in [5, 5.41) is 1.12. The molecule has 0 atom stereocenters. The maximum atomic E-state index is 5.52. The summed E-state index contributed by atoms with van der Waals surface area (Å²) in [6, 6.07) is 10.1. The van der Waals surface area contributed by atoms with Gasteiger partial charge in [0.05, 0.1) is 5.52 Å². The highest BCUT2D eigenvalue weighted by Gasteiger charge is 1.99. The van der Waals surface area contributed by atoms with Crippen molar-refractivity contribution < 1.29 is 0 Å². The van der Waals surface area contributed by atoms with Gasteiger partial charge in [-0.25, -0.2) is 0 Å². The Morgan fingerprint density at radius 2 is 2.14 bits per heavy atom. The van der Waals surface area contributed by atoms with E-state index in [4.69, 9.17) is 5.73 Å². The van der Waals surface area contributed by atoms with Crippen molar-refractivity contribution in [3.05, 3.63) is 48.7 Å². The molecule has 0 fully saturated rings. The van der Waals surface area contributed by atoms with Gasteiger partial charge in [-0.15, -0.1) is 0 Å². The highest BCUT2D eigenvalue weighted by Crippen LogP contribution is 2.16. The van der Waals surface area contributed by atoms with Crippen molar-refractivity contribution in [1.82, 2.24) is 4.98 Å². The monoisotopic (exact) mass is 184 g/mol. The summed E-state index contributed by atoms with van der Waals surface area (Å²) >= 11 is 0. The lowest BCUT2D eigenvalue weighted by Gasteiger charge is -2.03. The van der Waals surface area contributed by atoms with Gasteiger partial charge in [-0.3, -0.25) is 4.98 Å². The van der Waals surface area contributed by atoms with E-state index in [1.165, 1.54) is 0 Å². The van der Waals surface area contributed by atoms with E-state index in [-0.39, 0.29) is 0 Å². The molecule has 2 rings (SSSR count). The van der Waals surface area contributed by atoms with Gasteiger partial charge in [-0.2, -0.15) is 0 Å². The molecule has 0 radical (unpaired) electrons. The summed E-state index contributed by atoms with van der Waals surface area (Å²) in [7, 11) is 0. The molecule has 0 unspecified atom stereocenters. The summed E-state index contributed by atoms with van der Waals surface area (Å²) in [5.41, 5.74) is 8.46. The lowest BCUT2D eigenvalue weighted by atomic mass is 10.1. The zero-order valence-corrected chi connectivity index (χ0v) is 7.90. The second-order valence-electron chi connectivity index (χ2n) is 3.22. The molecule has 70 valence electrons. The van der Waals surface area contributed by atoms with Crippen molar-refractivity contribution in [3.8, 4) is 0 Å². The Morgan fingerprint density at radius 1 is 1.36 bits per heavy atom. The van der Waals surface area contributed by atoms with Crippen molar-refractivity contribution in [2.75, 3.05) is 6.54 Å². The fourth-order valence-corrected chi connectivity index (χ4v) is 1.38. The Morgan fingerprint density at radius 3 is 2.93 bits per heavy atom. The van der Waals surface area contributed by atoms with Crippen molar-refractivity contribution in [1.29, 1.82) is 0 Å². The molecule has 0 aliphatic rings. The molecule has 1 aromatic heterocycles. The van der Waals surface area contributed by atoms with E-state index >= 15 is 0 Å². The van der Waals surface area contributed by atoms with Crippen LogP contribution in [0.3, 0.4) is 0 Å². The quantitative estimate of drug-likeness (QED) is 0.777. The number of benzene rings is 1. The van der Waals surface area contributed by atoms with Crippen LogP contribution < -0.4 is 5.73 Å². The molecular weight excluding hydrogens is 172 g/mol. The van der Waals surface area contributed by atoms with Crippen molar-refractivity contribution in [2.24, 2.45) is 5.73 Å². The minimum Gasteiger partial charge on any atom is -0.326 e. The van der Waals surface area contributed by atoms with Crippen LogP contribution in [0.15, 0.2) is 43.1 Å². The summed E-state index contributed by atoms with van der Waals surface area (Å²) in [6.45, 7) is 4.36. The zero-order valence-electron chi connectivity index (χ0n) is 7.90. The van der Waals surface area contributed by atoms with E-state index in [9.17, 15) is 0 Å². The van der Waals surface area contributed by atoms with Gasteiger partial charge in [-0.1, -0.05) is 24.8 Å². The van der Waals surface area contributed by atoms with Crippen molar-refractivity contribution in [3.63, 3.8) is 0 Å². The van der Waals surface area contributed by atoms with Gasteiger partial charge >= 0.3 is 0 Å². The first-order valence-corrected chi connectivity index (χ1v) is 4.54. The molecular formula is C12H12N2.